The van der Waals surface area contributed by atoms with Crippen molar-refractivity contribution in [2.45, 2.75) is 12.8 Å². The molecular weight excluding hydrogens is 322 g/mol. The Labute approximate surface area is 142 Å². The highest BCUT2D eigenvalue weighted by Gasteiger charge is 2.07. The van der Waals surface area contributed by atoms with Gasteiger partial charge in [-0.1, -0.05) is 12.1 Å². The monoisotopic (exact) mass is 339 g/mol. The summed E-state index contributed by atoms with van der Waals surface area (Å²) >= 11 is 0. The molecule has 1 heterocycles. The highest BCUT2D eigenvalue weighted by atomic mass is 16.5. The lowest BCUT2D eigenvalue weighted by Gasteiger charge is -2.07. The van der Waals surface area contributed by atoms with Gasteiger partial charge in [-0.05, 0) is 42.3 Å². The summed E-state index contributed by atoms with van der Waals surface area (Å²) in [7, 11) is 1.60. The summed E-state index contributed by atoms with van der Waals surface area (Å²) in [5.74, 6) is 0.570. The molecule has 3 N–H and O–H groups in total. The first-order valence-corrected chi connectivity index (χ1v) is 7.74. The average molecular weight is 339 g/mol. The lowest BCUT2D eigenvalue weighted by Crippen LogP contribution is -2.19. The van der Waals surface area contributed by atoms with Crippen LogP contribution in [0.1, 0.15) is 12.0 Å². The van der Waals surface area contributed by atoms with Crippen LogP contribution in [0, 0.1) is 0 Å². The van der Waals surface area contributed by atoms with Crippen LogP contribution in [-0.4, -0.2) is 23.2 Å². The van der Waals surface area contributed by atoms with Gasteiger partial charge < -0.3 is 10.1 Å². The Morgan fingerprint density at radius 2 is 1.80 bits per heavy atom. The number of amides is 1. The van der Waals surface area contributed by atoms with Crippen LogP contribution in [0.5, 0.6) is 5.75 Å². The molecule has 0 aliphatic heterocycles. The summed E-state index contributed by atoms with van der Waals surface area (Å²) in [6.07, 6.45) is 0.855. The van der Waals surface area contributed by atoms with Crippen LogP contribution < -0.4 is 21.2 Å². The second-order valence-electron chi connectivity index (χ2n) is 5.57. The topological polar surface area (TPSA) is 104 Å². The predicted molar refractivity (Wildman–Crippen MR) is 95.1 cm³/mol. The summed E-state index contributed by atoms with van der Waals surface area (Å²) < 4.78 is 5.16. The molecule has 0 aliphatic rings. The van der Waals surface area contributed by atoms with Gasteiger partial charge in [0.1, 0.15) is 5.75 Å². The predicted octanol–water partition coefficient (Wildman–Crippen LogP) is 1.80. The van der Waals surface area contributed by atoms with E-state index >= 15 is 0 Å². The number of aromatic nitrogens is 2. The SMILES string of the molecule is COc1cccc(CCC(=O)Nc2ccc3c(=O)[nH][nH]c(=O)c3c2)c1. The number of ether oxygens (including phenoxy) is 1. The van der Waals surface area contributed by atoms with E-state index in [1.807, 2.05) is 24.3 Å². The van der Waals surface area contributed by atoms with E-state index in [4.69, 9.17) is 4.74 Å². The van der Waals surface area contributed by atoms with E-state index < -0.39 is 5.56 Å². The molecule has 0 saturated carbocycles. The Bertz CT molecular complexity index is 1040. The first-order chi connectivity index (χ1) is 12.1. The fourth-order valence-corrected chi connectivity index (χ4v) is 2.57. The number of carbonyl (C=O) groups excluding carboxylic acids is 1. The number of hydrogen-bond acceptors (Lipinski definition) is 4. The van der Waals surface area contributed by atoms with Gasteiger partial charge in [0.15, 0.2) is 0 Å². The van der Waals surface area contributed by atoms with Gasteiger partial charge in [0.05, 0.1) is 17.9 Å². The number of fused-ring (bicyclic) bond motifs is 1. The van der Waals surface area contributed by atoms with E-state index in [0.29, 0.717) is 12.1 Å². The van der Waals surface area contributed by atoms with Crippen molar-refractivity contribution in [3.05, 3.63) is 68.7 Å². The molecule has 0 radical (unpaired) electrons. The zero-order valence-corrected chi connectivity index (χ0v) is 13.6. The lowest BCUT2D eigenvalue weighted by molar-refractivity contribution is -0.116. The van der Waals surface area contributed by atoms with Crippen LogP contribution in [0.15, 0.2) is 52.1 Å². The molecule has 0 atom stereocenters. The Balaban J connectivity index is 1.70. The van der Waals surface area contributed by atoms with Crippen molar-refractivity contribution in [3.63, 3.8) is 0 Å². The van der Waals surface area contributed by atoms with E-state index in [9.17, 15) is 14.4 Å². The minimum Gasteiger partial charge on any atom is -0.497 e. The zero-order valence-electron chi connectivity index (χ0n) is 13.6. The van der Waals surface area contributed by atoms with Crippen molar-refractivity contribution < 1.29 is 9.53 Å². The quantitative estimate of drug-likeness (QED) is 0.659. The molecule has 0 spiro atoms. The molecular formula is C18H17N3O4. The Hall–Kier alpha value is -3.35. The van der Waals surface area contributed by atoms with Crippen molar-refractivity contribution in [1.29, 1.82) is 0 Å². The van der Waals surface area contributed by atoms with E-state index in [1.54, 1.807) is 13.2 Å². The number of carbonyl (C=O) groups is 1. The van der Waals surface area contributed by atoms with E-state index in [1.165, 1.54) is 12.1 Å². The molecule has 3 rings (SSSR count). The van der Waals surface area contributed by atoms with Gasteiger partial charge in [-0.15, -0.1) is 0 Å². The Kier molecular flexibility index (Phi) is 4.65. The summed E-state index contributed by atoms with van der Waals surface area (Å²) in [5.41, 5.74) is 0.669. The van der Waals surface area contributed by atoms with Gasteiger partial charge >= 0.3 is 0 Å². The van der Waals surface area contributed by atoms with Crippen molar-refractivity contribution in [2.75, 3.05) is 12.4 Å². The fourth-order valence-electron chi connectivity index (χ4n) is 2.57. The molecule has 25 heavy (non-hydrogen) atoms. The van der Waals surface area contributed by atoms with Gasteiger partial charge in [-0.2, -0.15) is 0 Å². The molecule has 0 saturated heterocycles. The lowest BCUT2D eigenvalue weighted by atomic mass is 10.1. The molecule has 0 unspecified atom stereocenters. The van der Waals surface area contributed by atoms with Crippen molar-refractivity contribution in [1.82, 2.24) is 10.2 Å². The molecule has 1 amide bonds. The smallest absolute Gasteiger partial charge is 0.270 e. The van der Waals surface area contributed by atoms with E-state index in [-0.39, 0.29) is 28.7 Å². The molecule has 0 bridgehead atoms. The third-order valence-corrected chi connectivity index (χ3v) is 3.86. The second-order valence-corrected chi connectivity index (χ2v) is 5.57. The zero-order chi connectivity index (χ0) is 17.8. The summed E-state index contributed by atoms with van der Waals surface area (Å²) in [5, 5.41) is 7.77. The Morgan fingerprint density at radius 1 is 1.04 bits per heavy atom. The Morgan fingerprint density at radius 3 is 2.56 bits per heavy atom. The fraction of sp³-hybridized carbons (Fsp3) is 0.167. The van der Waals surface area contributed by atoms with E-state index in [2.05, 4.69) is 15.5 Å². The molecule has 0 aliphatic carbocycles. The molecule has 3 aromatic rings. The van der Waals surface area contributed by atoms with Crippen molar-refractivity contribution >= 4 is 22.4 Å². The second kappa shape index (κ2) is 7.04. The number of methoxy groups -OCH3 is 1. The third kappa shape index (κ3) is 3.77. The number of benzene rings is 2. The summed E-state index contributed by atoms with van der Waals surface area (Å²) in [6.45, 7) is 0. The maximum absolute atomic E-state index is 12.1. The largest absolute Gasteiger partial charge is 0.497 e. The van der Waals surface area contributed by atoms with E-state index in [0.717, 1.165) is 11.3 Å². The maximum atomic E-state index is 12.1. The molecule has 7 heteroatoms. The average Bonchev–Trinajstić information content (AvgIpc) is 2.63. The minimum absolute atomic E-state index is 0.177. The number of aromatic amines is 2. The van der Waals surface area contributed by atoms with Crippen molar-refractivity contribution in [2.24, 2.45) is 0 Å². The van der Waals surface area contributed by atoms with Gasteiger partial charge in [-0.25, -0.2) is 0 Å². The van der Waals surface area contributed by atoms with Crippen LogP contribution in [0.4, 0.5) is 5.69 Å². The normalized spacial score (nSPS) is 10.6. The first kappa shape index (κ1) is 16.5. The maximum Gasteiger partial charge on any atom is 0.270 e. The van der Waals surface area contributed by atoms with Crippen LogP contribution in [0.2, 0.25) is 0 Å². The number of nitrogens with one attached hydrogen (secondary N) is 3. The molecule has 2 aromatic carbocycles. The first-order valence-electron chi connectivity index (χ1n) is 7.74. The van der Waals surface area contributed by atoms with Gasteiger partial charge in [0.25, 0.3) is 11.1 Å². The highest BCUT2D eigenvalue weighted by molar-refractivity contribution is 5.94. The van der Waals surface area contributed by atoms with Crippen LogP contribution in [0.25, 0.3) is 10.8 Å². The number of anilines is 1. The van der Waals surface area contributed by atoms with Crippen LogP contribution >= 0.6 is 0 Å². The number of hydrogen-bond donors (Lipinski definition) is 3. The van der Waals surface area contributed by atoms with Crippen molar-refractivity contribution in [3.8, 4) is 5.75 Å². The number of rotatable bonds is 5. The standard InChI is InChI=1S/C18H17N3O4/c1-25-13-4-2-3-11(9-13)5-8-16(22)19-12-6-7-14-15(10-12)18(24)21-20-17(14)23/h2-4,6-7,9-10H,5,8H2,1H3,(H,19,22)(H,20,23)(H,21,24). The number of aryl methyl sites for hydroxylation is 1. The number of H-pyrrole nitrogens is 2. The van der Waals surface area contributed by atoms with Gasteiger partial charge in [0.2, 0.25) is 5.91 Å². The van der Waals surface area contributed by atoms with Crippen LogP contribution in [0.3, 0.4) is 0 Å². The molecule has 7 nitrogen and oxygen atoms in total. The summed E-state index contributed by atoms with van der Waals surface area (Å²) in [6, 6.07) is 12.1. The molecule has 0 fully saturated rings. The van der Waals surface area contributed by atoms with Gasteiger partial charge in [0, 0.05) is 12.1 Å². The summed E-state index contributed by atoms with van der Waals surface area (Å²) in [4.78, 5) is 35.6. The van der Waals surface area contributed by atoms with Gasteiger partial charge in [-0.3, -0.25) is 24.6 Å². The molecule has 128 valence electrons. The molecule has 1 aromatic heterocycles. The minimum atomic E-state index is -0.415. The third-order valence-electron chi connectivity index (χ3n) is 3.86. The highest BCUT2D eigenvalue weighted by Crippen LogP contribution is 2.16. The van der Waals surface area contributed by atoms with Crippen LogP contribution in [-0.2, 0) is 11.2 Å².